The van der Waals surface area contributed by atoms with Gasteiger partial charge < -0.3 is 4.90 Å². The van der Waals surface area contributed by atoms with Gasteiger partial charge in [0.2, 0.25) is 0 Å². The number of allylic oxidation sites excluding steroid dienone is 1. The number of fused-ring (bicyclic) bond motifs is 2. The number of Topliss-reactive ketones (excluding diaryl/α,β-unsaturated/α-hetero) is 1. The lowest BCUT2D eigenvalue weighted by molar-refractivity contribution is -0.104. The van der Waals surface area contributed by atoms with Crippen molar-refractivity contribution in [1.82, 2.24) is 29.5 Å². The molecule has 1 unspecified atom stereocenters. The summed E-state index contributed by atoms with van der Waals surface area (Å²) in [7, 11) is 4.11. The van der Waals surface area contributed by atoms with E-state index in [1.165, 1.54) is 65.6 Å². The predicted molar refractivity (Wildman–Crippen MR) is 176 cm³/mol. The molecule has 238 valence electrons. The fourth-order valence-corrected chi connectivity index (χ4v) is 6.36. The van der Waals surface area contributed by atoms with Gasteiger partial charge in [-0.2, -0.15) is 15.3 Å². The topological polar surface area (TPSA) is 85.5 Å². The molecule has 0 radical (unpaired) electrons. The molecule has 1 fully saturated rings. The molecule has 1 aliphatic carbocycles. The molecule has 2 aliphatic heterocycles. The van der Waals surface area contributed by atoms with Gasteiger partial charge in [0.1, 0.15) is 17.0 Å². The van der Waals surface area contributed by atoms with Gasteiger partial charge >= 0.3 is 0 Å². The second-order valence-electron chi connectivity index (χ2n) is 11.9. The van der Waals surface area contributed by atoms with Crippen LogP contribution in [0.15, 0.2) is 48.0 Å². The number of carbonyl (C=O) groups is 2. The molecule has 0 bridgehead atoms. The van der Waals surface area contributed by atoms with E-state index in [1.807, 2.05) is 24.7 Å². The Kier molecular flexibility index (Phi) is 12.5. The molecule has 1 atom stereocenters. The summed E-state index contributed by atoms with van der Waals surface area (Å²) >= 11 is 1.25. The maximum Gasteiger partial charge on any atom is 0.183 e. The highest BCUT2D eigenvalue weighted by Crippen LogP contribution is 2.40. The van der Waals surface area contributed by atoms with Gasteiger partial charge in [-0.05, 0) is 68.3 Å². The fraction of sp³-hybridized carbons (Fsp3) is 0.529. The summed E-state index contributed by atoms with van der Waals surface area (Å²) < 4.78 is 9.43. The van der Waals surface area contributed by atoms with Crippen LogP contribution in [0.1, 0.15) is 97.7 Å². The summed E-state index contributed by atoms with van der Waals surface area (Å²) in [5.41, 5.74) is 7.57. The molecule has 2 aromatic heterocycles. The number of rotatable bonds is 8. The van der Waals surface area contributed by atoms with Gasteiger partial charge in [0.05, 0.1) is 30.0 Å². The van der Waals surface area contributed by atoms with Gasteiger partial charge in [0.25, 0.3) is 0 Å². The number of likely N-dealkylation sites (N-methyl/N-ethyl adjacent to an activating group) is 2. The summed E-state index contributed by atoms with van der Waals surface area (Å²) in [5, 5.41) is 12.0. The van der Waals surface area contributed by atoms with Crippen LogP contribution in [-0.2, 0) is 28.5 Å². The van der Waals surface area contributed by atoms with E-state index in [9.17, 15) is 4.79 Å². The average molecular weight is 621 g/mol. The van der Waals surface area contributed by atoms with Crippen LogP contribution in [-0.4, -0.2) is 75.3 Å². The minimum Gasteiger partial charge on any atom is -0.305 e. The van der Waals surface area contributed by atoms with Crippen molar-refractivity contribution in [3.8, 4) is 5.69 Å². The first-order valence-corrected chi connectivity index (χ1v) is 16.7. The number of hydrogen-bond acceptors (Lipinski definition) is 8. The SMILES string of the molecule is C=CC=O.CCCC(=O)c1cc2n(n1)CCN(C)OS2.CCCc1c2c(nn1-c1ccc(C3CC3)cc1)CCN(C)CC2C. The van der Waals surface area contributed by atoms with Crippen molar-refractivity contribution in [2.45, 2.75) is 89.1 Å². The highest BCUT2D eigenvalue weighted by atomic mass is 32.2. The number of ketones is 1. The summed E-state index contributed by atoms with van der Waals surface area (Å²) in [6.45, 7) is 13.5. The van der Waals surface area contributed by atoms with Crippen LogP contribution in [0.4, 0.5) is 0 Å². The summed E-state index contributed by atoms with van der Waals surface area (Å²) in [5.74, 6) is 1.49. The smallest absolute Gasteiger partial charge is 0.183 e. The third kappa shape index (κ3) is 8.78. The Morgan fingerprint density at radius 1 is 1.09 bits per heavy atom. The predicted octanol–water partition coefficient (Wildman–Crippen LogP) is 6.41. The Labute approximate surface area is 266 Å². The van der Waals surface area contributed by atoms with Crippen molar-refractivity contribution >= 4 is 24.1 Å². The average Bonchev–Trinajstić information content (AvgIpc) is 3.76. The Morgan fingerprint density at radius 3 is 2.45 bits per heavy atom. The second kappa shape index (κ2) is 16.3. The molecular formula is C34H48N6O3S. The number of carbonyl (C=O) groups excluding carboxylic acids is 2. The Bertz CT molecular complexity index is 1360. The standard InChI is InChI=1S/C21H29N3.C10H15N3O2S.C3H4O/c1-4-5-20-21-15(2)14-23(3)13-12-19(21)22-24(20)18-10-8-17(9-11-18)16-6-7-16;1-3-4-9(14)8-7-10-13(11-8)6-5-12(2)15-16-10;1-2-3-4/h8-11,15-16H,4-7,12-14H2,1-3H3;7H,3-6H2,1-2H3;2-3H,1H2. The Balaban J connectivity index is 0.000000191. The van der Waals surface area contributed by atoms with Gasteiger partial charge in [0, 0.05) is 56.8 Å². The molecule has 0 spiro atoms. The summed E-state index contributed by atoms with van der Waals surface area (Å²) in [4.78, 5) is 23.2. The molecule has 3 aromatic rings. The molecule has 44 heavy (non-hydrogen) atoms. The van der Waals surface area contributed by atoms with Gasteiger partial charge in [-0.1, -0.05) is 45.9 Å². The van der Waals surface area contributed by atoms with E-state index in [1.54, 1.807) is 5.06 Å². The zero-order chi connectivity index (χ0) is 31.6. The first-order chi connectivity index (χ1) is 21.3. The lowest BCUT2D eigenvalue weighted by Gasteiger charge is -2.18. The number of hydrogen-bond donors (Lipinski definition) is 0. The van der Waals surface area contributed by atoms with Crippen LogP contribution in [0.25, 0.3) is 5.69 Å². The quantitative estimate of drug-likeness (QED) is 0.124. The number of benzene rings is 1. The molecule has 10 heteroatoms. The second-order valence-corrected chi connectivity index (χ2v) is 12.6. The van der Waals surface area contributed by atoms with Crippen molar-refractivity contribution < 1.29 is 13.9 Å². The summed E-state index contributed by atoms with van der Waals surface area (Å²) in [6, 6.07) is 11.0. The van der Waals surface area contributed by atoms with Crippen molar-refractivity contribution in [3.63, 3.8) is 0 Å². The Morgan fingerprint density at radius 2 is 1.82 bits per heavy atom. The van der Waals surface area contributed by atoms with Gasteiger partial charge in [-0.15, -0.1) is 0 Å². The zero-order valence-corrected chi connectivity index (χ0v) is 27.8. The number of aldehydes is 1. The molecule has 0 amide bonds. The number of nitrogens with zero attached hydrogens (tertiary/aromatic N) is 6. The number of aromatic nitrogens is 4. The van der Waals surface area contributed by atoms with E-state index in [0.717, 1.165) is 56.4 Å². The normalized spacial score (nSPS) is 18.3. The minimum atomic E-state index is 0.108. The molecule has 4 heterocycles. The molecule has 1 aromatic carbocycles. The zero-order valence-electron chi connectivity index (χ0n) is 27.0. The van der Waals surface area contributed by atoms with Gasteiger partial charge in [0.15, 0.2) is 5.78 Å². The first kappa shape index (κ1) is 33.8. The van der Waals surface area contributed by atoms with Crippen LogP contribution >= 0.6 is 12.0 Å². The van der Waals surface area contributed by atoms with Gasteiger partial charge in [-0.25, -0.2) is 8.97 Å². The first-order valence-electron chi connectivity index (χ1n) is 15.9. The Hall–Kier alpha value is -3.05. The van der Waals surface area contributed by atoms with Crippen LogP contribution in [0, 0.1) is 0 Å². The molecular weight excluding hydrogens is 572 g/mol. The van der Waals surface area contributed by atoms with E-state index in [2.05, 4.69) is 66.4 Å². The third-order valence-electron chi connectivity index (χ3n) is 8.06. The fourth-order valence-electron chi connectivity index (χ4n) is 5.70. The summed E-state index contributed by atoms with van der Waals surface area (Å²) in [6.07, 6.45) is 9.32. The van der Waals surface area contributed by atoms with Crippen LogP contribution < -0.4 is 0 Å². The third-order valence-corrected chi connectivity index (χ3v) is 8.89. The number of hydroxylamine groups is 2. The van der Waals surface area contributed by atoms with Crippen molar-refractivity contribution in [1.29, 1.82) is 0 Å². The van der Waals surface area contributed by atoms with Crippen molar-refractivity contribution in [2.75, 3.05) is 33.7 Å². The molecule has 3 aliphatic rings. The maximum absolute atomic E-state index is 11.7. The molecule has 0 N–H and O–H groups in total. The van der Waals surface area contributed by atoms with Crippen LogP contribution in [0.5, 0.6) is 0 Å². The van der Waals surface area contributed by atoms with E-state index < -0.39 is 0 Å². The highest BCUT2D eigenvalue weighted by Gasteiger charge is 2.27. The lowest BCUT2D eigenvalue weighted by atomic mass is 9.96. The lowest BCUT2D eigenvalue weighted by Crippen LogP contribution is -2.23. The van der Waals surface area contributed by atoms with E-state index in [0.29, 0.717) is 24.3 Å². The molecule has 0 saturated heterocycles. The minimum absolute atomic E-state index is 0.108. The van der Waals surface area contributed by atoms with E-state index in [-0.39, 0.29) is 5.78 Å². The van der Waals surface area contributed by atoms with Crippen LogP contribution in [0.2, 0.25) is 0 Å². The maximum atomic E-state index is 11.7. The van der Waals surface area contributed by atoms with Crippen molar-refractivity contribution in [2.24, 2.45) is 0 Å². The monoisotopic (exact) mass is 620 g/mol. The molecule has 1 saturated carbocycles. The van der Waals surface area contributed by atoms with E-state index in [4.69, 9.17) is 14.2 Å². The van der Waals surface area contributed by atoms with Gasteiger partial charge in [-0.3, -0.25) is 14.3 Å². The van der Waals surface area contributed by atoms with Crippen LogP contribution in [0.3, 0.4) is 0 Å². The van der Waals surface area contributed by atoms with E-state index >= 15 is 0 Å². The highest BCUT2D eigenvalue weighted by molar-refractivity contribution is 7.94. The molecule has 6 rings (SSSR count). The largest absolute Gasteiger partial charge is 0.305 e. The van der Waals surface area contributed by atoms with Crippen molar-refractivity contribution in [3.05, 3.63) is 71.2 Å². The molecule has 9 nitrogen and oxygen atoms in total.